The van der Waals surface area contributed by atoms with Gasteiger partial charge in [-0.2, -0.15) is 5.26 Å². The number of nitrogens with one attached hydrogen (secondary N) is 1. The number of aryl methyl sites for hydroxylation is 2. The predicted molar refractivity (Wildman–Crippen MR) is 64.5 cm³/mol. The highest BCUT2D eigenvalue weighted by molar-refractivity contribution is 5.49. The molecule has 1 N–H and O–H groups in total. The summed E-state index contributed by atoms with van der Waals surface area (Å²) in [7, 11) is 0. The van der Waals surface area contributed by atoms with E-state index in [0.29, 0.717) is 18.0 Å². The monoisotopic (exact) mass is 227 g/mol. The third-order valence-corrected chi connectivity index (χ3v) is 2.51. The lowest BCUT2D eigenvalue weighted by Gasteiger charge is -2.03. The zero-order valence-corrected chi connectivity index (χ0v) is 9.82. The third kappa shape index (κ3) is 2.64. The molecule has 0 saturated carbocycles. The minimum Gasteiger partial charge on any atom is -0.444 e. The second kappa shape index (κ2) is 4.71. The molecule has 0 bridgehead atoms. The quantitative estimate of drug-likeness (QED) is 0.875. The first-order valence-electron chi connectivity index (χ1n) is 5.36. The van der Waals surface area contributed by atoms with Crippen LogP contribution in [0.2, 0.25) is 0 Å². The molecule has 2 rings (SSSR count). The topological polar surface area (TPSA) is 61.9 Å². The number of oxazole rings is 1. The Bertz CT molecular complexity index is 547. The summed E-state index contributed by atoms with van der Waals surface area (Å²) >= 11 is 0. The Kier molecular flexibility index (Phi) is 3.10. The van der Waals surface area contributed by atoms with Crippen molar-refractivity contribution in [1.29, 1.82) is 5.26 Å². The molecule has 0 radical (unpaired) electrons. The van der Waals surface area contributed by atoms with Crippen LogP contribution in [-0.2, 0) is 6.54 Å². The normalized spacial score (nSPS) is 9.94. The number of nitrogens with zero attached hydrogens (tertiary/aromatic N) is 2. The van der Waals surface area contributed by atoms with Gasteiger partial charge in [-0.3, -0.25) is 0 Å². The van der Waals surface area contributed by atoms with Crippen LogP contribution in [-0.4, -0.2) is 4.98 Å². The van der Waals surface area contributed by atoms with E-state index in [0.717, 1.165) is 17.1 Å². The highest BCUT2D eigenvalue weighted by Crippen LogP contribution is 2.13. The van der Waals surface area contributed by atoms with E-state index >= 15 is 0 Å². The summed E-state index contributed by atoms with van der Waals surface area (Å²) < 4.78 is 5.45. The first-order chi connectivity index (χ1) is 8.19. The summed E-state index contributed by atoms with van der Waals surface area (Å²) in [5.41, 5.74) is 2.43. The van der Waals surface area contributed by atoms with Crippen LogP contribution in [0.15, 0.2) is 28.7 Å². The van der Waals surface area contributed by atoms with E-state index in [1.54, 1.807) is 12.1 Å². The van der Waals surface area contributed by atoms with E-state index < -0.39 is 0 Å². The molecule has 0 fully saturated rings. The first-order valence-corrected chi connectivity index (χ1v) is 5.36. The molecule has 0 aliphatic heterocycles. The van der Waals surface area contributed by atoms with E-state index in [-0.39, 0.29) is 0 Å². The average molecular weight is 227 g/mol. The van der Waals surface area contributed by atoms with Crippen LogP contribution in [0.25, 0.3) is 0 Å². The number of rotatable bonds is 3. The number of aromatic nitrogens is 1. The molecule has 0 unspecified atom stereocenters. The molecule has 0 aliphatic rings. The summed E-state index contributed by atoms with van der Waals surface area (Å²) in [6, 6.07) is 9.41. The number of nitriles is 1. The zero-order valence-electron chi connectivity index (χ0n) is 9.82. The lowest BCUT2D eigenvalue weighted by Crippen LogP contribution is -1.99. The van der Waals surface area contributed by atoms with Gasteiger partial charge in [0, 0.05) is 5.69 Å². The van der Waals surface area contributed by atoms with Crippen molar-refractivity contribution < 1.29 is 4.42 Å². The summed E-state index contributed by atoms with van der Waals surface area (Å²) in [6.07, 6.45) is 0. The van der Waals surface area contributed by atoms with Crippen molar-refractivity contribution in [1.82, 2.24) is 4.98 Å². The Labute approximate surface area is 99.9 Å². The fraction of sp³-hybridized carbons (Fsp3) is 0.231. The second-order valence-electron chi connectivity index (χ2n) is 3.80. The largest absolute Gasteiger partial charge is 0.444 e. The Morgan fingerprint density at radius 3 is 2.88 bits per heavy atom. The Hall–Kier alpha value is -2.28. The molecule has 2 aromatic rings. The smallest absolute Gasteiger partial charge is 0.213 e. The third-order valence-electron chi connectivity index (χ3n) is 2.51. The van der Waals surface area contributed by atoms with Crippen LogP contribution in [0.4, 0.5) is 5.69 Å². The van der Waals surface area contributed by atoms with E-state index in [2.05, 4.69) is 16.4 Å². The predicted octanol–water partition coefficient (Wildman–Crippen LogP) is 2.78. The van der Waals surface area contributed by atoms with Gasteiger partial charge >= 0.3 is 0 Å². The standard InChI is InChI=1S/C13H13N3O/c1-9-10(2)17-13(16-9)8-15-12-5-3-4-11(6-12)7-14/h3-6,15H,8H2,1-2H3. The first kappa shape index (κ1) is 11.2. The Morgan fingerprint density at radius 1 is 1.41 bits per heavy atom. The second-order valence-corrected chi connectivity index (χ2v) is 3.80. The van der Waals surface area contributed by atoms with Crippen molar-refractivity contribution in [2.45, 2.75) is 20.4 Å². The molecule has 0 amide bonds. The van der Waals surface area contributed by atoms with E-state index in [4.69, 9.17) is 9.68 Å². The highest BCUT2D eigenvalue weighted by Gasteiger charge is 2.04. The van der Waals surface area contributed by atoms with Crippen LogP contribution in [0.1, 0.15) is 22.9 Å². The van der Waals surface area contributed by atoms with Gasteiger partial charge < -0.3 is 9.73 Å². The van der Waals surface area contributed by atoms with Crippen molar-refractivity contribution in [3.05, 3.63) is 47.2 Å². The van der Waals surface area contributed by atoms with Gasteiger partial charge in [-0.15, -0.1) is 0 Å². The maximum atomic E-state index is 8.78. The molecular formula is C13H13N3O. The molecule has 86 valence electrons. The van der Waals surface area contributed by atoms with Crippen molar-refractivity contribution in [2.75, 3.05) is 5.32 Å². The fourth-order valence-electron chi connectivity index (χ4n) is 1.49. The van der Waals surface area contributed by atoms with Gasteiger partial charge in [0.15, 0.2) is 0 Å². The minimum atomic E-state index is 0.517. The van der Waals surface area contributed by atoms with E-state index in [1.165, 1.54) is 0 Å². The number of hydrogen-bond acceptors (Lipinski definition) is 4. The molecule has 1 heterocycles. The van der Waals surface area contributed by atoms with E-state index in [9.17, 15) is 0 Å². The number of benzene rings is 1. The molecule has 0 spiro atoms. The molecule has 1 aromatic heterocycles. The lowest BCUT2D eigenvalue weighted by molar-refractivity contribution is 0.478. The SMILES string of the molecule is Cc1nc(CNc2cccc(C#N)c2)oc1C. The fourth-order valence-corrected chi connectivity index (χ4v) is 1.49. The molecule has 4 nitrogen and oxygen atoms in total. The molecule has 1 aromatic carbocycles. The molecule has 0 saturated heterocycles. The van der Waals surface area contributed by atoms with Crippen LogP contribution in [0, 0.1) is 25.2 Å². The number of anilines is 1. The van der Waals surface area contributed by atoms with Gasteiger partial charge in [-0.05, 0) is 32.0 Å². The van der Waals surface area contributed by atoms with Crippen molar-refractivity contribution >= 4 is 5.69 Å². The molecular weight excluding hydrogens is 214 g/mol. The number of hydrogen-bond donors (Lipinski definition) is 1. The molecule has 17 heavy (non-hydrogen) atoms. The lowest BCUT2D eigenvalue weighted by atomic mass is 10.2. The Balaban J connectivity index is 2.05. The summed E-state index contributed by atoms with van der Waals surface area (Å²) in [4.78, 5) is 4.27. The van der Waals surface area contributed by atoms with E-state index in [1.807, 2.05) is 26.0 Å². The zero-order chi connectivity index (χ0) is 12.3. The maximum absolute atomic E-state index is 8.78. The van der Waals surface area contributed by atoms with Crippen molar-refractivity contribution in [2.24, 2.45) is 0 Å². The summed E-state index contributed by atoms with van der Waals surface area (Å²) in [5.74, 6) is 1.50. The Morgan fingerprint density at radius 2 is 2.24 bits per heavy atom. The molecule has 0 atom stereocenters. The van der Waals surface area contributed by atoms with Crippen LogP contribution in [0.5, 0.6) is 0 Å². The maximum Gasteiger partial charge on any atom is 0.213 e. The summed E-state index contributed by atoms with van der Waals surface area (Å²) in [5, 5.41) is 11.9. The van der Waals surface area contributed by atoms with Gasteiger partial charge in [0.25, 0.3) is 0 Å². The van der Waals surface area contributed by atoms with Crippen molar-refractivity contribution in [3.63, 3.8) is 0 Å². The van der Waals surface area contributed by atoms with Gasteiger partial charge in [0.2, 0.25) is 5.89 Å². The van der Waals surface area contributed by atoms with Gasteiger partial charge in [0.1, 0.15) is 5.76 Å². The van der Waals surface area contributed by atoms with Gasteiger partial charge in [-0.25, -0.2) is 4.98 Å². The molecule has 0 aliphatic carbocycles. The minimum absolute atomic E-state index is 0.517. The van der Waals surface area contributed by atoms with Gasteiger partial charge in [0.05, 0.1) is 23.9 Å². The van der Waals surface area contributed by atoms with Crippen LogP contribution in [0.3, 0.4) is 0 Å². The molecule has 4 heteroatoms. The highest BCUT2D eigenvalue weighted by atomic mass is 16.4. The average Bonchev–Trinajstić information content (AvgIpc) is 2.67. The van der Waals surface area contributed by atoms with Gasteiger partial charge in [-0.1, -0.05) is 6.07 Å². The van der Waals surface area contributed by atoms with Crippen LogP contribution >= 0.6 is 0 Å². The van der Waals surface area contributed by atoms with Crippen molar-refractivity contribution in [3.8, 4) is 6.07 Å². The van der Waals surface area contributed by atoms with Crippen LogP contribution < -0.4 is 5.32 Å². The summed E-state index contributed by atoms with van der Waals surface area (Å²) in [6.45, 7) is 4.32.